The molecule has 1 atom stereocenters. The molecule has 1 heterocycles. The molecule has 0 spiro atoms. The van der Waals surface area contributed by atoms with Crippen molar-refractivity contribution in [3.05, 3.63) is 24.0 Å². The molecule has 0 saturated carbocycles. The van der Waals surface area contributed by atoms with Gasteiger partial charge in [-0.3, -0.25) is 0 Å². The van der Waals surface area contributed by atoms with Gasteiger partial charge in [0.25, 0.3) is 0 Å². The molecule has 2 rings (SSSR count). The van der Waals surface area contributed by atoms with Gasteiger partial charge in [0.15, 0.2) is 0 Å². The van der Waals surface area contributed by atoms with E-state index in [1.54, 1.807) is 0 Å². The van der Waals surface area contributed by atoms with E-state index >= 15 is 0 Å². The average molecular weight is 288 g/mol. The molecule has 3 N–H and O–H groups in total. The molecule has 106 valence electrons. The van der Waals surface area contributed by atoms with Gasteiger partial charge in [0.1, 0.15) is 10.7 Å². The Morgan fingerprint density at radius 3 is 2.89 bits per heavy atom. The molecule has 1 fully saturated rings. The SMILES string of the molecule is Nc1c(F)cccc1S(=O)(=O)N1CCCC(CO)C1. The Hall–Kier alpha value is -1.18. The van der Waals surface area contributed by atoms with Crippen LogP contribution in [0.15, 0.2) is 23.1 Å². The highest BCUT2D eigenvalue weighted by Crippen LogP contribution is 2.28. The summed E-state index contributed by atoms with van der Waals surface area (Å²) in [6.07, 6.45) is 1.47. The van der Waals surface area contributed by atoms with Crippen molar-refractivity contribution >= 4 is 15.7 Å². The zero-order valence-corrected chi connectivity index (χ0v) is 11.2. The first-order valence-corrected chi connectivity index (χ1v) is 7.56. The van der Waals surface area contributed by atoms with E-state index in [1.807, 2.05) is 0 Å². The van der Waals surface area contributed by atoms with Gasteiger partial charge in [-0.1, -0.05) is 6.07 Å². The maximum atomic E-state index is 13.4. The molecule has 1 aromatic rings. The number of aliphatic hydroxyl groups excluding tert-OH is 1. The van der Waals surface area contributed by atoms with Crippen molar-refractivity contribution < 1.29 is 17.9 Å². The maximum Gasteiger partial charge on any atom is 0.245 e. The Labute approximate surface area is 111 Å². The number of piperidine rings is 1. The number of benzene rings is 1. The number of nitrogens with zero attached hydrogens (tertiary/aromatic N) is 1. The molecule has 1 saturated heterocycles. The summed E-state index contributed by atoms with van der Waals surface area (Å²) in [6, 6.07) is 3.75. The number of halogens is 1. The second kappa shape index (κ2) is 5.44. The van der Waals surface area contributed by atoms with Gasteiger partial charge < -0.3 is 10.8 Å². The van der Waals surface area contributed by atoms with Crippen molar-refractivity contribution in [2.45, 2.75) is 17.7 Å². The van der Waals surface area contributed by atoms with Crippen molar-refractivity contribution in [2.75, 3.05) is 25.4 Å². The van der Waals surface area contributed by atoms with E-state index in [0.717, 1.165) is 12.5 Å². The van der Waals surface area contributed by atoms with Crippen molar-refractivity contribution in [1.29, 1.82) is 0 Å². The van der Waals surface area contributed by atoms with Crippen molar-refractivity contribution in [3.8, 4) is 0 Å². The van der Waals surface area contributed by atoms with Crippen LogP contribution in [0.5, 0.6) is 0 Å². The van der Waals surface area contributed by atoms with Gasteiger partial charge in [0.05, 0.1) is 5.69 Å². The van der Waals surface area contributed by atoms with Crippen LogP contribution < -0.4 is 5.73 Å². The molecule has 0 amide bonds. The number of aliphatic hydroxyl groups is 1. The first-order valence-electron chi connectivity index (χ1n) is 6.12. The van der Waals surface area contributed by atoms with E-state index in [4.69, 9.17) is 10.8 Å². The number of hydrogen-bond donors (Lipinski definition) is 2. The zero-order chi connectivity index (χ0) is 14.0. The average Bonchev–Trinajstić information content (AvgIpc) is 2.41. The molecular weight excluding hydrogens is 271 g/mol. The smallest absolute Gasteiger partial charge is 0.245 e. The minimum atomic E-state index is -3.80. The topological polar surface area (TPSA) is 83.6 Å². The molecular formula is C12H17FN2O3S. The highest BCUT2D eigenvalue weighted by molar-refractivity contribution is 7.89. The minimum Gasteiger partial charge on any atom is -0.396 e. The number of nitrogens with two attached hydrogens (primary N) is 1. The zero-order valence-electron chi connectivity index (χ0n) is 10.4. The van der Waals surface area contributed by atoms with Gasteiger partial charge in [-0.15, -0.1) is 0 Å². The molecule has 1 aromatic carbocycles. The van der Waals surface area contributed by atoms with E-state index in [1.165, 1.54) is 16.4 Å². The summed E-state index contributed by atoms with van der Waals surface area (Å²) in [5.74, 6) is -0.810. The normalized spacial score (nSPS) is 21.5. The number of anilines is 1. The van der Waals surface area contributed by atoms with Gasteiger partial charge in [-0.05, 0) is 30.9 Å². The fourth-order valence-corrected chi connectivity index (χ4v) is 3.96. The molecule has 0 aromatic heterocycles. The van der Waals surface area contributed by atoms with Crippen molar-refractivity contribution in [3.63, 3.8) is 0 Å². The standard InChI is InChI=1S/C12H17FN2O3S/c13-10-4-1-5-11(12(10)14)19(17,18)15-6-2-3-9(7-15)8-16/h1,4-5,9,16H,2-3,6-8,14H2. The van der Waals surface area contributed by atoms with E-state index < -0.39 is 15.8 Å². The second-order valence-electron chi connectivity index (χ2n) is 4.71. The molecule has 1 unspecified atom stereocenters. The van der Waals surface area contributed by atoms with Crippen molar-refractivity contribution in [2.24, 2.45) is 5.92 Å². The van der Waals surface area contributed by atoms with E-state index in [-0.39, 0.29) is 29.7 Å². The lowest BCUT2D eigenvalue weighted by Gasteiger charge is -2.31. The van der Waals surface area contributed by atoms with Crippen LogP contribution in [0.2, 0.25) is 0 Å². The lowest BCUT2D eigenvalue weighted by atomic mass is 10.0. The largest absolute Gasteiger partial charge is 0.396 e. The number of para-hydroxylation sites is 1. The van der Waals surface area contributed by atoms with Gasteiger partial charge >= 0.3 is 0 Å². The number of rotatable bonds is 3. The second-order valence-corrected chi connectivity index (χ2v) is 6.61. The van der Waals surface area contributed by atoms with Gasteiger partial charge in [-0.2, -0.15) is 4.31 Å². The predicted octanol–water partition coefficient (Wildman–Crippen LogP) is 0.801. The Morgan fingerprint density at radius 1 is 1.47 bits per heavy atom. The maximum absolute atomic E-state index is 13.4. The third kappa shape index (κ3) is 2.72. The Bertz CT molecular complexity index is 562. The summed E-state index contributed by atoms with van der Waals surface area (Å²) in [5.41, 5.74) is 5.16. The summed E-state index contributed by atoms with van der Waals surface area (Å²) in [4.78, 5) is -0.203. The summed E-state index contributed by atoms with van der Waals surface area (Å²) < 4.78 is 39.5. The Balaban J connectivity index is 2.34. The van der Waals surface area contributed by atoms with Crippen molar-refractivity contribution in [1.82, 2.24) is 4.31 Å². The van der Waals surface area contributed by atoms with Crippen LogP contribution in [0.4, 0.5) is 10.1 Å². The van der Waals surface area contributed by atoms with Gasteiger partial charge in [-0.25, -0.2) is 12.8 Å². The summed E-state index contributed by atoms with van der Waals surface area (Å²) in [7, 11) is -3.80. The lowest BCUT2D eigenvalue weighted by Crippen LogP contribution is -2.41. The molecule has 5 nitrogen and oxygen atoms in total. The number of sulfonamides is 1. The summed E-state index contributed by atoms with van der Waals surface area (Å²) in [6.45, 7) is 0.564. The minimum absolute atomic E-state index is 0.0509. The first-order chi connectivity index (χ1) is 8.96. The third-order valence-corrected chi connectivity index (χ3v) is 5.29. The summed E-state index contributed by atoms with van der Waals surface area (Å²) in [5, 5.41) is 9.14. The number of hydrogen-bond acceptors (Lipinski definition) is 4. The fraction of sp³-hybridized carbons (Fsp3) is 0.500. The van der Waals surface area contributed by atoms with Crippen LogP contribution in [0.3, 0.4) is 0 Å². The highest BCUT2D eigenvalue weighted by Gasteiger charge is 2.31. The monoisotopic (exact) mass is 288 g/mol. The molecule has 0 radical (unpaired) electrons. The van der Waals surface area contributed by atoms with Crippen LogP contribution in [0, 0.1) is 11.7 Å². The van der Waals surface area contributed by atoms with Crippen LogP contribution in [-0.2, 0) is 10.0 Å². The van der Waals surface area contributed by atoms with Gasteiger partial charge in [0, 0.05) is 19.7 Å². The van der Waals surface area contributed by atoms with E-state index in [2.05, 4.69) is 0 Å². The van der Waals surface area contributed by atoms with E-state index in [0.29, 0.717) is 13.0 Å². The predicted molar refractivity (Wildman–Crippen MR) is 69.4 cm³/mol. The Kier molecular flexibility index (Phi) is 4.07. The quantitative estimate of drug-likeness (QED) is 0.806. The van der Waals surface area contributed by atoms with E-state index in [9.17, 15) is 12.8 Å². The highest BCUT2D eigenvalue weighted by atomic mass is 32.2. The first kappa shape index (κ1) is 14.2. The van der Waals surface area contributed by atoms with Crippen LogP contribution in [-0.4, -0.2) is 37.5 Å². The molecule has 1 aliphatic heterocycles. The number of nitrogen functional groups attached to an aromatic ring is 1. The van der Waals surface area contributed by atoms with Crippen LogP contribution in [0.1, 0.15) is 12.8 Å². The van der Waals surface area contributed by atoms with Crippen LogP contribution in [0.25, 0.3) is 0 Å². The van der Waals surface area contributed by atoms with Gasteiger partial charge in [0.2, 0.25) is 10.0 Å². The molecule has 19 heavy (non-hydrogen) atoms. The molecule has 0 aliphatic carbocycles. The fourth-order valence-electron chi connectivity index (χ4n) is 2.28. The molecule has 1 aliphatic rings. The third-order valence-electron chi connectivity index (χ3n) is 3.37. The molecule has 7 heteroatoms. The Morgan fingerprint density at radius 2 is 2.21 bits per heavy atom. The lowest BCUT2D eigenvalue weighted by molar-refractivity contribution is 0.165. The molecule has 0 bridgehead atoms. The van der Waals surface area contributed by atoms with Crippen LogP contribution >= 0.6 is 0 Å². The summed E-state index contributed by atoms with van der Waals surface area (Å²) >= 11 is 0.